The number of halogens is 1. The fourth-order valence-corrected chi connectivity index (χ4v) is 6.33. The molecule has 5 rings (SSSR count). The zero-order valence-corrected chi connectivity index (χ0v) is 28.6. The largest absolute Gasteiger partial charge is 0.472 e. The van der Waals surface area contributed by atoms with Crippen LogP contribution in [0.25, 0.3) is 11.3 Å². The van der Waals surface area contributed by atoms with Gasteiger partial charge in [0.2, 0.25) is 23.5 Å². The number of aromatic nitrogens is 2. The summed E-state index contributed by atoms with van der Waals surface area (Å²) in [6.07, 6.45) is 3.60. The van der Waals surface area contributed by atoms with Crippen molar-refractivity contribution in [3.63, 3.8) is 0 Å². The molecule has 47 heavy (non-hydrogen) atoms. The Kier molecular flexibility index (Phi) is 10.8. The first-order valence-electron chi connectivity index (χ1n) is 15.9. The normalized spacial score (nSPS) is 19.0. The number of pyridine rings is 1. The van der Waals surface area contributed by atoms with Crippen LogP contribution in [-0.2, 0) is 19.2 Å². The third-order valence-corrected chi connectivity index (χ3v) is 9.13. The minimum atomic E-state index is -1.01. The summed E-state index contributed by atoms with van der Waals surface area (Å²) in [6.45, 7) is 7.82. The summed E-state index contributed by atoms with van der Waals surface area (Å²) in [7, 11) is 0. The van der Waals surface area contributed by atoms with E-state index in [1.165, 1.54) is 22.4 Å². The third kappa shape index (κ3) is 8.86. The minimum Gasteiger partial charge on any atom is -0.472 e. The number of ether oxygens (including phenoxy) is 1. The van der Waals surface area contributed by atoms with Gasteiger partial charge in [0.15, 0.2) is 5.13 Å². The Labute approximate surface area is 283 Å². The number of hydrogen-bond donors (Lipinski definition) is 3. The van der Waals surface area contributed by atoms with Crippen LogP contribution >= 0.6 is 22.9 Å². The Hall–Kier alpha value is -4.03. The van der Waals surface area contributed by atoms with Crippen molar-refractivity contribution in [2.24, 2.45) is 5.41 Å². The number of thiazole rings is 1. The van der Waals surface area contributed by atoms with Gasteiger partial charge in [-0.05, 0) is 30.7 Å². The second-order valence-electron chi connectivity index (χ2n) is 13.1. The van der Waals surface area contributed by atoms with Gasteiger partial charge in [-0.2, -0.15) is 0 Å². The summed E-state index contributed by atoms with van der Waals surface area (Å²) < 4.78 is 6.11. The summed E-state index contributed by atoms with van der Waals surface area (Å²) in [5.74, 6) is -1.91. The molecule has 0 bridgehead atoms. The summed E-state index contributed by atoms with van der Waals surface area (Å²) in [4.78, 5) is 64.5. The highest BCUT2D eigenvalue weighted by Crippen LogP contribution is 2.32. The standard InChI is InChI=1S/C34H41ClN6O5S/c1-5-9-24(28(42)31(44)37-22-13-14-22)38-30(43)26-16-23(46-27-15-12-21(35)17-36-27)18-41(26)32(45)29(34(2,3)4)40-33-39-25(19-47-33)20-10-7-6-8-11-20/h6-8,10-12,15,17,19,22-24,26,29H,5,9,13-14,16,18H2,1-4H3,(H,37,44)(H,38,43)(H,39,40)/t23-,24+,26+,29-/m1/s1. The van der Waals surface area contributed by atoms with E-state index in [2.05, 4.69) is 20.9 Å². The molecule has 4 atom stereocenters. The summed E-state index contributed by atoms with van der Waals surface area (Å²) in [5.41, 5.74) is 1.18. The molecule has 3 heterocycles. The fraction of sp³-hybridized carbons (Fsp3) is 0.471. The fourth-order valence-electron chi connectivity index (χ4n) is 5.47. The number of amides is 3. The molecule has 1 saturated heterocycles. The molecule has 0 unspecified atom stereocenters. The summed E-state index contributed by atoms with van der Waals surface area (Å²) in [5, 5.41) is 11.8. The molecule has 1 aliphatic heterocycles. The molecule has 250 valence electrons. The van der Waals surface area contributed by atoms with Crippen molar-refractivity contribution in [1.29, 1.82) is 0 Å². The van der Waals surface area contributed by atoms with Crippen LogP contribution in [0.5, 0.6) is 5.88 Å². The molecule has 3 N–H and O–H groups in total. The predicted octanol–water partition coefficient (Wildman–Crippen LogP) is 4.87. The molecule has 1 aromatic carbocycles. The number of ketones is 1. The quantitative estimate of drug-likeness (QED) is 0.217. The van der Waals surface area contributed by atoms with E-state index in [1.54, 1.807) is 12.1 Å². The van der Waals surface area contributed by atoms with E-state index in [0.717, 1.165) is 24.1 Å². The van der Waals surface area contributed by atoms with Crippen LogP contribution in [0, 0.1) is 5.41 Å². The van der Waals surface area contributed by atoms with E-state index in [4.69, 9.17) is 21.3 Å². The lowest BCUT2D eigenvalue weighted by molar-refractivity contribution is -0.143. The topological polar surface area (TPSA) is 143 Å². The zero-order chi connectivity index (χ0) is 33.7. The molecule has 2 aliphatic rings. The first-order valence-corrected chi connectivity index (χ1v) is 17.2. The number of hydrogen-bond acceptors (Lipinski definition) is 9. The molecule has 1 aliphatic carbocycles. The van der Waals surface area contributed by atoms with E-state index in [-0.39, 0.29) is 31.3 Å². The van der Waals surface area contributed by atoms with Gasteiger partial charge >= 0.3 is 0 Å². The van der Waals surface area contributed by atoms with Crippen LogP contribution in [0.1, 0.15) is 59.8 Å². The van der Waals surface area contributed by atoms with Crippen LogP contribution in [0.4, 0.5) is 5.13 Å². The van der Waals surface area contributed by atoms with Crippen molar-refractivity contribution in [1.82, 2.24) is 25.5 Å². The van der Waals surface area contributed by atoms with Crippen molar-refractivity contribution in [2.45, 2.75) is 90.1 Å². The Balaban J connectivity index is 1.38. The Bertz CT molecular complexity index is 1570. The Morgan fingerprint density at radius 3 is 2.49 bits per heavy atom. The number of likely N-dealkylation sites (tertiary alicyclic amines) is 1. The number of carbonyl (C=O) groups is 4. The van der Waals surface area contributed by atoms with Gasteiger partial charge in [-0.15, -0.1) is 11.3 Å². The van der Waals surface area contributed by atoms with Crippen LogP contribution in [0.3, 0.4) is 0 Å². The second kappa shape index (κ2) is 14.8. The van der Waals surface area contributed by atoms with Crippen LogP contribution in [0.2, 0.25) is 5.02 Å². The molecule has 11 nitrogen and oxygen atoms in total. The number of carbonyl (C=O) groups excluding carboxylic acids is 4. The van der Waals surface area contributed by atoms with Crippen molar-refractivity contribution in [3.05, 3.63) is 59.1 Å². The summed E-state index contributed by atoms with van der Waals surface area (Å²) in [6, 6.07) is 10.3. The van der Waals surface area contributed by atoms with Gasteiger partial charge in [0.25, 0.3) is 5.91 Å². The summed E-state index contributed by atoms with van der Waals surface area (Å²) >= 11 is 7.40. The molecule has 13 heteroatoms. The maximum atomic E-state index is 14.5. The molecule has 2 fully saturated rings. The number of nitrogens with one attached hydrogen (secondary N) is 3. The molecule has 0 spiro atoms. The minimum absolute atomic E-state index is 0.00944. The zero-order valence-electron chi connectivity index (χ0n) is 27.0. The van der Waals surface area contributed by atoms with Crippen LogP contribution in [-0.4, -0.2) is 75.2 Å². The number of rotatable bonds is 13. The smallest absolute Gasteiger partial charge is 0.289 e. The van der Waals surface area contributed by atoms with Gasteiger partial charge in [0, 0.05) is 35.7 Å². The average Bonchev–Trinajstić information content (AvgIpc) is 3.55. The number of anilines is 1. The van der Waals surface area contributed by atoms with E-state index < -0.39 is 47.2 Å². The maximum absolute atomic E-state index is 14.5. The first-order chi connectivity index (χ1) is 22.4. The lowest BCUT2D eigenvalue weighted by Crippen LogP contribution is -2.56. The molecule has 1 saturated carbocycles. The third-order valence-electron chi connectivity index (χ3n) is 8.14. The molecule has 2 aromatic heterocycles. The monoisotopic (exact) mass is 680 g/mol. The molecule has 0 radical (unpaired) electrons. The van der Waals surface area contributed by atoms with Gasteiger partial charge in [-0.1, -0.05) is 76.0 Å². The van der Waals surface area contributed by atoms with Crippen molar-refractivity contribution in [2.75, 3.05) is 11.9 Å². The molecule has 3 aromatic rings. The van der Waals surface area contributed by atoms with Crippen molar-refractivity contribution >= 4 is 51.6 Å². The van der Waals surface area contributed by atoms with Crippen molar-refractivity contribution in [3.8, 4) is 17.1 Å². The number of nitrogens with zero attached hydrogens (tertiary/aromatic N) is 3. The average molecular weight is 681 g/mol. The van der Waals surface area contributed by atoms with E-state index in [9.17, 15) is 19.2 Å². The van der Waals surface area contributed by atoms with Crippen molar-refractivity contribution < 1.29 is 23.9 Å². The molecule has 3 amide bonds. The number of Topliss-reactive ketones (excluding diaryl/α,β-unsaturated/α-hetero) is 1. The first kappa shape index (κ1) is 34.3. The highest BCUT2D eigenvalue weighted by atomic mass is 35.5. The van der Waals surface area contributed by atoms with E-state index in [0.29, 0.717) is 22.5 Å². The SMILES string of the molecule is CCC[C@H](NC(=O)[C@@H]1C[C@@H](Oc2ccc(Cl)cn2)CN1C(=O)[C@@H](Nc1nc(-c2ccccc2)cs1)C(C)(C)C)C(=O)C(=O)NC1CC1. The van der Waals surface area contributed by atoms with Gasteiger partial charge in [-0.25, -0.2) is 9.97 Å². The second-order valence-corrected chi connectivity index (χ2v) is 14.4. The lowest BCUT2D eigenvalue weighted by atomic mass is 9.85. The van der Waals surface area contributed by atoms with Crippen LogP contribution in [0.15, 0.2) is 54.0 Å². The molecular weight excluding hydrogens is 640 g/mol. The van der Waals surface area contributed by atoms with E-state index >= 15 is 0 Å². The lowest BCUT2D eigenvalue weighted by Gasteiger charge is -2.35. The molecular formula is C34H41ClN6O5S. The van der Waals surface area contributed by atoms with Gasteiger partial charge in [0.05, 0.1) is 23.3 Å². The highest BCUT2D eigenvalue weighted by molar-refractivity contribution is 7.14. The Morgan fingerprint density at radius 2 is 1.85 bits per heavy atom. The van der Waals surface area contributed by atoms with E-state index in [1.807, 2.05) is 63.4 Å². The maximum Gasteiger partial charge on any atom is 0.289 e. The predicted molar refractivity (Wildman–Crippen MR) is 181 cm³/mol. The van der Waals surface area contributed by atoms with Gasteiger partial charge in [0.1, 0.15) is 18.2 Å². The van der Waals surface area contributed by atoms with Crippen LogP contribution < -0.4 is 20.7 Å². The highest BCUT2D eigenvalue weighted by Gasteiger charge is 2.46. The number of benzene rings is 1. The Morgan fingerprint density at radius 1 is 1.11 bits per heavy atom. The van der Waals surface area contributed by atoms with Gasteiger partial charge < -0.3 is 25.6 Å². The van der Waals surface area contributed by atoms with Gasteiger partial charge in [-0.3, -0.25) is 19.2 Å².